The van der Waals surface area contributed by atoms with Gasteiger partial charge in [-0.15, -0.1) is 11.8 Å². The Labute approximate surface area is 185 Å². The second-order valence-electron chi connectivity index (χ2n) is 7.94. The Balaban J connectivity index is 1.55. The lowest BCUT2D eigenvalue weighted by molar-refractivity contribution is -0.0319. The number of ether oxygens (including phenoxy) is 1. The molecule has 0 spiro atoms. The largest absolute Gasteiger partial charge is 0.374 e. The van der Waals surface area contributed by atoms with Gasteiger partial charge in [0.25, 0.3) is 0 Å². The first kappa shape index (κ1) is 21.2. The molecule has 3 heteroatoms. The van der Waals surface area contributed by atoms with Gasteiger partial charge in [-0.3, -0.25) is 4.90 Å². The van der Waals surface area contributed by atoms with Crippen molar-refractivity contribution in [1.82, 2.24) is 4.90 Å². The van der Waals surface area contributed by atoms with Crippen molar-refractivity contribution >= 4 is 11.8 Å². The van der Waals surface area contributed by atoms with E-state index in [1.807, 2.05) is 11.8 Å². The van der Waals surface area contributed by atoms with Gasteiger partial charge >= 0.3 is 0 Å². The van der Waals surface area contributed by atoms with Crippen LogP contribution in [0.3, 0.4) is 0 Å². The summed E-state index contributed by atoms with van der Waals surface area (Å²) in [5.41, 5.74) is 4.17. The molecule has 3 aromatic carbocycles. The van der Waals surface area contributed by atoms with E-state index in [0.29, 0.717) is 0 Å². The summed E-state index contributed by atoms with van der Waals surface area (Å²) in [7, 11) is 0. The third-order valence-electron chi connectivity index (χ3n) is 5.64. The monoisotopic (exact) mass is 417 g/mol. The van der Waals surface area contributed by atoms with Crippen molar-refractivity contribution in [2.45, 2.75) is 42.6 Å². The van der Waals surface area contributed by atoms with E-state index in [1.54, 1.807) is 0 Å². The lowest BCUT2D eigenvalue weighted by Gasteiger charge is -2.37. The number of morpholine rings is 1. The summed E-state index contributed by atoms with van der Waals surface area (Å²) in [5, 5.41) is 0.280. The average molecular weight is 418 g/mol. The Morgan fingerprint density at radius 1 is 0.933 bits per heavy atom. The maximum absolute atomic E-state index is 6.37. The first-order valence-corrected chi connectivity index (χ1v) is 11.9. The van der Waals surface area contributed by atoms with Crippen molar-refractivity contribution in [1.29, 1.82) is 0 Å². The maximum atomic E-state index is 6.37. The van der Waals surface area contributed by atoms with Crippen molar-refractivity contribution in [3.8, 4) is 0 Å². The van der Waals surface area contributed by atoms with Crippen molar-refractivity contribution in [2.24, 2.45) is 0 Å². The molecule has 0 radical (unpaired) electrons. The molecule has 1 aliphatic heterocycles. The third-order valence-corrected chi connectivity index (χ3v) is 7.12. The number of rotatable bonds is 8. The first-order valence-electron chi connectivity index (χ1n) is 11.0. The van der Waals surface area contributed by atoms with E-state index in [-0.39, 0.29) is 11.4 Å². The Bertz CT molecular complexity index is 899. The molecule has 1 heterocycles. The Hall–Kier alpha value is -2.07. The Morgan fingerprint density at radius 3 is 2.40 bits per heavy atom. The average Bonchev–Trinajstić information content (AvgIpc) is 2.80. The molecule has 0 amide bonds. The molecule has 0 saturated carbocycles. The van der Waals surface area contributed by atoms with Gasteiger partial charge in [-0.05, 0) is 29.2 Å². The molecule has 1 saturated heterocycles. The van der Waals surface area contributed by atoms with Crippen LogP contribution in [-0.2, 0) is 17.7 Å². The summed E-state index contributed by atoms with van der Waals surface area (Å²) in [6, 6.07) is 30.5. The normalized spacial score (nSPS) is 18.2. The van der Waals surface area contributed by atoms with Crippen LogP contribution in [0.25, 0.3) is 0 Å². The molecular formula is C27H31NOS. The molecule has 3 aromatic rings. The molecule has 1 fully saturated rings. The molecular weight excluding hydrogens is 386 g/mol. The van der Waals surface area contributed by atoms with Gasteiger partial charge in [0.1, 0.15) is 0 Å². The molecule has 0 aromatic heterocycles. The SMILES string of the molecule is CCCc1ccccc1S[C@@H](c1ccccc1)[C@@H]1CN(Cc2ccccc2)CCO1. The Morgan fingerprint density at radius 2 is 1.63 bits per heavy atom. The highest BCUT2D eigenvalue weighted by atomic mass is 32.2. The maximum Gasteiger partial charge on any atom is 0.0865 e. The van der Waals surface area contributed by atoms with Gasteiger partial charge in [0, 0.05) is 24.5 Å². The van der Waals surface area contributed by atoms with Gasteiger partial charge in [0.2, 0.25) is 0 Å². The predicted octanol–water partition coefficient (Wildman–Crippen LogP) is 6.37. The molecule has 30 heavy (non-hydrogen) atoms. The van der Waals surface area contributed by atoms with E-state index in [9.17, 15) is 0 Å². The molecule has 4 rings (SSSR count). The van der Waals surface area contributed by atoms with Crippen LogP contribution in [0, 0.1) is 0 Å². The van der Waals surface area contributed by atoms with E-state index in [2.05, 4.69) is 96.8 Å². The minimum Gasteiger partial charge on any atom is -0.374 e. The number of benzene rings is 3. The first-order chi connectivity index (χ1) is 14.8. The zero-order valence-electron chi connectivity index (χ0n) is 17.7. The van der Waals surface area contributed by atoms with Crippen LogP contribution in [0.5, 0.6) is 0 Å². The van der Waals surface area contributed by atoms with Gasteiger partial charge in [-0.25, -0.2) is 0 Å². The molecule has 2 nitrogen and oxygen atoms in total. The second-order valence-corrected chi connectivity index (χ2v) is 9.12. The lowest BCUT2D eigenvalue weighted by Crippen LogP contribution is -2.44. The van der Waals surface area contributed by atoms with Gasteiger partial charge < -0.3 is 4.74 Å². The van der Waals surface area contributed by atoms with Crippen molar-refractivity contribution in [3.05, 3.63) is 102 Å². The Kier molecular flexibility index (Phi) is 7.63. The van der Waals surface area contributed by atoms with E-state index in [4.69, 9.17) is 4.74 Å². The summed E-state index contributed by atoms with van der Waals surface area (Å²) in [6.07, 6.45) is 2.46. The summed E-state index contributed by atoms with van der Waals surface area (Å²) >= 11 is 1.97. The van der Waals surface area contributed by atoms with Crippen molar-refractivity contribution < 1.29 is 4.74 Å². The van der Waals surface area contributed by atoms with Gasteiger partial charge in [-0.2, -0.15) is 0 Å². The zero-order valence-corrected chi connectivity index (χ0v) is 18.6. The molecule has 0 aliphatic carbocycles. The van der Waals surface area contributed by atoms with E-state index < -0.39 is 0 Å². The number of hydrogen-bond acceptors (Lipinski definition) is 3. The lowest BCUT2D eigenvalue weighted by atomic mass is 10.1. The molecule has 0 unspecified atom stereocenters. The molecule has 0 N–H and O–H groups in total. The van der Waals surface area contributed by atoms with E-state index in [0.717, 1.165) is 32.7 Å². The van der Waals surface area contributed by atoms with Gasteiger partial charge in [0.15, 0.2) is 0 Å². The second kappa shape index (κ2) is 10.8. The predicted molar refractivity (Wildman–Crippen MR) is 127 cm³/mol. The molecule has 2 atom stereocenters. The summed E-state index contributed by atoms with van der Waals surface area (Å²) < 4.78 is 6.37. The minimum absolute atomic E-state index is 0.171. The summed E-state index contributed by atoms with van der Waals surface area (Å²) in [4.78, 5) is 3.93. The highest BCUT2D eigenvalue weighted by Crippen LogP contribution is 2.41. The highest BCUT2D eigenvalue weighted by Gasteiger charge is 2.30. The van der Waals surface area contributed by atoms with Crippen LogP contribution in [0.1, 0.15) is 35.3 Å². The third kappa shape index (κ3) is 5.54. The van der Waals surface area contributed by atoms with E-state index in [1.165, 1.54) is 28.0 Å². The van der Waals surface area contributed by atoms with E-state index >= 15 is 0 Å². The topological polar surface area (TPSA) is 12.5 Å². The fourth-order valence-corrected chi connectivity index (χ4v) is 5.49. The fraction of sp³-hybridized carbons (Fsp3) is 0.333. The summed E-state index contributed by atoms with van der Waals surface area (Å²) in [5.74, 6) is 0. The van der Waals surface area contributed by atoms with Crippen LogP contribution in [0.15, 0.2) is 89.8 Å². The zero-order chi connectivity index (χ0) is 20.6. The highest BCUT2D eigenvalue weighted by molar-refractivity contribution is 7.99. The molecule has 0 bridgehead atoms. The smallest absolute Gasteiger partial charge is 0.0865 e. The van der Waals surface area contributed by atoms with Crippen molar-refractivity contribution in [2.75, 3.05) is 19.7 Å². The number of hydrogen-bond donors (Lipinski definition) is 0. The summed E-state index contributed by atoms with van der Waals surface area (Å²) in [6.45, 7) is 5.97. The van der Waals surface area contributed by atoms with Gasteiger partial charge in [-0.1, -0.05) is 92.2 Å². The number of nitrogens with zero attached hydrogens (tertiary/aromatic N) is 1. The molecule has 1 aliphatic rings. The van der Waals surface area contributed by atoms with Crippen LogP contribution >= 0.6 is 11.8 Å². The number of thioether (sulfide) groups is 1. The van der Waals surface area contributed by atoms with Crippen LogP contribution in [0.2, 0.25) is 0 Å². The van der Waals surface area contributed by atoms with Crippen LogP contribution in [0.4, 0.5) is 0 Å². The fourth-order valence-electron chi connectivity index (χ4n) is 4.13. The van der Waals surface area contributed by atoms with Crippen LogP contribution < -0.4 is 0 Å². The standard InChI is InChI=1S/C27H31NOS/c1-2-11-23-14-9-10-17-26(23)30-27(24-15-7-4-8-16-24)25-21-28(18-19-29-25)20-22-12-5-3-6-13-22/h3-10,12-17,25,27H,2,11,18-21H2,1H3/t25-,27-/m0/s1. The number of aryl methyl sites for hydroxylation is 1. The van der Waals surface area contributed by atoms with Gasteiger partial charge in [0.05, 0.1) is 18.0 Å². The molecule has 156 valence electrons. The quantitative estimate of drug-likeness (QED) is 0.395. The van der Waals surface area contributed by atoms with Crippen molar-refractivity contribution in [3.63, 3.8) is 0 Å². The minimum atomic E-state index is 0.171. The van der Waals surface area contributed by atoms with Crippen LogP contribution in [-0.4, -0.2) is 30.7 Å².